The number of hydrogen-bond donors (Lipinski definition) is 0. The minimum atomic E-state index is 1.10. The van der Waals surface area contributed by atoms with Gasteiger partial charge in [0, 0.05) is 23.8 Å². The molecule has 2 heteroatoms. The molecule has 2 rings (SSSR count). The van der Waals surface area contributed by atoms with E-state index < -0.39 is 0 Å². The molecule has 0 amide bonds. The lowest BCUT2D eigenvalue weighted by Gasteiger charge is -2.02. The minimum absolute atomic E-state index is 1.10. The first-order chi connectivity index (χ1) is 6.52. The molecule has 0 N–H and O–H groups in total. The van der Waals surface area contributed by atoms with Crippen LogP contribution in [0.15, 0.2) is 6.07 Å². The van der Waals surface area contributed by atoms with E-state index in [1.54, 1.807) is 0 Å². The predicted molar refractivity (Wildman–Crippen MR) is 59.7 cm³/mol. The molecular formula is C12H16N2. The Kier molecular flexibility index (Phi) is 1.88. The van der Waals surface area contributed by atoms with Gasteiger partial charge in [0.15, 0.2) is 0 Å². The first kappa shape index (κ1) is 9.25. The summed E-state index contributed by atoms with van der Waals surface area (Å²) in [6.07, 6.45) is 0. The fourth-order valence-electron chi connectivity index (χ4n) is 2.15. The Morgan fingerprint density at radius 1 is 1.14 bits per heavy atom. The van der Waals surface area contributed by atoms with Crippen molar-refractivity contribution < 1.29 is 0 Å². The highest BCUT2D eigenvalue weighted by molar-refractivity contribution is 5.87. The number of fused-ring (bicyclic) bond motifs is 1. The number of pyridine rings is 1. The van der Waals surface area contributed by atoms with Gasteiger partial charge in [0.25, 0.3) is 0 Å². The normalized spacial score (nSPS) is 11.2. The van der Waals surface area contributed by atoms with Crippen LogP contribution in [0.3, 0.4) is 0 Å². The van der Waals surface area contributed by atoms with E-state index >= 15 is 0 Å². The van der Waals surface area contributed by atoms with Gasteiger partial charge in [-0.15, -0.1) is 0 Å². The molecule has 0 aliphatic heterocycles. The van der Waals surface area contributed by atoms with Crippen LogP contribution in [0.5, 0.6) is 0 Å². The smallest absolute Gasteiger partial charge is 0.0699 e. The quantitative estimate of drug-likeness (QED) is 0.621. The standard InChI is InChI=1S/C12H16N2/c1-7-6-11-8(2)10(4)14(5)12(11)9(3)13-7/h6H,1-5H3. The molecule has 2 nitrogen and oxygen atoms in total. The molecule has 0 saturated carbocycles. The summed E-state index contributed by atoms with van der Waals surface area (Å²) in [5.41, 5.74) is 6.19. The van der Waals surface area contributed by atoms with E-state index in [2.05, 4.69) is 43.4 Å². The maximum atomic E-state index is 4.50. The van der Waals surface area contributed by atoms with Crippen molar-refractivity contribution in [3.63, 3.8) is 0 Å². The highest BCUT2D eigenvalue weighted by atomic mass is 15.0. The Bertz CT molecular complexity index is 507. The average Bonchev–Trinajstić information content (AvgIpc) is 2.31. The van der Waals surface area contributed by atoms with Crippen LogP contribution in [0.25, 0.3) is 10.9 Å². The van der Waals surface area contributed by atoms with Gasteiger partial charge in [-0.3, -0.25) is 4.98 Å². The summed E-state index contributed by atoms with van der Waals surface area (Å²) < 4.78 is 2.23. The summed E-state index contributed by atoms with van der Waals surface area (Å²) in [5.74, 6) is 0. The number of aryl methyl sites for hydroxylation is 4. The van der Waals surface area contributed by atoms with Crippen LogP contribution in [0.1, 0.15) is 22.6 Å². The molecule has 0 unspecified atom stereocenters. The zero-order valence-electron chi connectivity index (χ0n) is 9.47. The van der Waals surface area contributed by atoms with Gasteiger partial charge in [0.05, 0.1) is 11.2 Å². The fourth-order valence-corrected chi connectivity index (χ4v) is 2.15. The summed E-state index contributed by atoms with van der Waals surface area (Å²) in [6.45, 7) is 8.46. The van der Waals surface area contributed by atoms with Gasteiger partial charge in [0.1, 0.15) is 0 Å². The Morgan fingerprint density at radius 3 is 2.43 bits per heavy atom. The minimum Gasteiger partial charge on any atom is -0.346 e. The fraction of sp³-hybridized carbons (Fsp3) is 0.417. The topological polar surface area (TPSA) is 17.8 Å². The number of hydrogen-bond acceptors (Lipinski definition) is 1. The van der Waals surface area contributed by atoms with Crippen molar-refractivity contribution in [2.45, 2.75) is 27.7 Å². The zero-order valence-corrected chi connectivity index (χ0v) is 9.47. The molecule has 0 bridgehead atoms. The third kappa shape index (κ3) is 1.07. The van der Waals surface area contributed by atoms with Crippen LogP contribution in [0.2, 0.25) is 0 Å². The van der Waals surface area contributed by atoms with E-state index in [0.29, 0.717) is 0 Å². The van der Waals surface area contributed by atoms with Crippen LogP contribution in [0, 0.1) is 27.7 Å². The Labute approximate surface area is 84.6 Å². The SMILES string of the molecule is Cc1cc2c(C)c(C)n(C)c2c(C)n1. The molecule has 0 spiro atoms. The summed E-state index contributed by atoms with van der Waals surface area (Å²) in [5, 5.41) is 1.34. The van der Waals surface area contributed by atoms with Gasteiger partial charge < -0.3 is 4.57 Å². The van der Waals surface area contributed by atoms with Gasteiger partial charge in [-0.05, 0) is 39.3 Å². The second-order valence-corrected chi connectivity index (χ2v) is 4.01. The summed E-state index contributed by atoms with van der Waals surface area (Å²) in [4.78, 5) is 4.50. The highest BCUT2D eigenvalue weighted by Gasteiger charge is 2.11. The molecule has 0 radical (unpaired) electrons. The Morgan fingerprint density at radius 2 is 1.79 bits per heavy atom. The summed E-state index contributed by atoms with van der Waals surface area (Å²) >= 11 is 0. The lowest BCUT2D eigenvalue weighted by atomic mass is 10.1. The molecule has 0 atom stereocenters. The molecule has 0 aliphatic rings. The van der Waals surface area contributed by atoms with Crippen molar-refractivity contribution in [1.82, 2.24) is 9.55 Å². The molecular weight excluding hydrogens is 172 g/mol. The molecule has 14 heavy (non-hydrogen) atoms. The molecule has 2 aromatic heterocycles. The van der Waals surface area contributed by atoms with Gasteiger partial charge >= 0.3 is 0 Å². The Balaban J connectivity index is 3.02. The van der Waals surface area contributed by atoms with Crippen LogP contribution < -0.4 is 0 Å². The van der Waals surface area contributed by atoms with E-state index in [4.69, 9.17) is 0 Å². The van der Waals surface area contributed by atoms with E-state index in [0.717, 1.165) is 11.4 Å². The first-order valence-electron chi connectivity index (χ1n) is 4.92. The van der Waals surface area contributed by atoms with Gasteiger partial charge in [-0.2, -0.15) is 0 Å². The van der Waals surface area contributed by atoms with Gasteiger partial charge in [0.2, 0.25) is 0 Å². The van der Waals surface area contributed by atoms with E-state index in [1.807, 2.05) is 6.92 Å². The van der Waals surface area contributed by atoms with Crippen molar-refractivity contribution in [2.24, 2.45) is 7.05 Å². The zero-order chi connectivity index (χ0) is 10.5. The van der Waals surface area contributed by atoms with Crippen molar-refractivity contribution in [1.29, 1.82) is 0 Å². The lowest BCUT2D eigenvalue weighted by molar-refractivity contribution is 0.901. The second-order valence-electron chi connectivity index (χ2n) is 4.01. The lowest BCUT2D eigenvalue weighted by Crippen LogP contribution is -1.94. The number of rotatable bonds is 0. The van der Waals surface area contributed by atoms with E-state index in [-0.39, 0.29) is 0 Å². The third-order valence-corrected chi connectivity index (χ3v) is 3.08. The van der Waals surface area contributed by atoms with E-state index in [1.165, 1.54) is 22.2 Å². The molecule has 0 fully saturated rings. The van der Waals surface area contributed by atoms with Crippen LogP contribution in [-0.4, -0.2) is 9.55 Å². The molecule has 0 saturated heterocycles. The summed E-state index contributed by atoms with van der Waals surface area (Å²) in [7, 11) is 2.11. The molecule has 74 valence electrons. The molecule has 0 aromatic carbocycles. The van der Waals surface area contributed by atoms with Crippen molar-refractivity contribution in [2.75, 3.05) is 0 Å². The average molecular weight is 188 g/mol. The van der Waals surface area contributed by atoms with Crippen LogP contribution in [0.4, 0.5) is 0 Å². The first-order valence-corrected chi connectivity index (χ1v) is 4.92. The Hall–Kier alpha value is -1.31. The molecule has 2 aromatic rings. The number of aromatic nitrogens is 2. The maximum absolute atomic E-state index is 4.50. The van der Waals surface area contributed by atoms with Gasteiger partial charge in [-0.1, -0.05) is 0 Å². The third-order valence-electron chi connectivity index (χ3n) is 3.08. The number of nitrogens with zero attached hydrogens (tertiary/aromatic N) is 2. The molecule has 2 heterocycles. The largest absolute Gasteiger partial charge is 0.346 e. The second kappa shape index (κ2) is 2.84. The van der Waals surface area contributed by atoms with E-state index in [9.17, 15) is 0 Å². The van der Waals surface area contributed by atoms with Crippen molar-refractivity contribution in [3.8, 4) is 0 Å². The van der Waals surface area contributed by atoms with Crippen molar-refractivity contribution in [3.05, 3.63) is 28.7 Å². The maximum Gasteiger partial charge on any atom is 0.0699 e. The predicted octanol–water partition coefficient (Wildman–Crippen LogP) is 2.81. The van der Waals surface area contributed by atoms with Gasteiger partial charge in [-0.25, -0.2) is 0 Å². The monoisotopic (exact) mass is 188 g/mol. The van der Waals surface area contributed by atoms with Crippen molar-refractivity contribution >= 4 is 10.9 Å². The highest BCUT2D eigenvalue weighted by Crippen LogP contribution is 2.26. The van der Waals surface area contributed by atoms with Crippen LogP contribution >= 0.6 is 0 Å². The van der Waals surface area contributed by atoms with Crippen LogP contribution in [-0.2, 0) is 7.05 Å². The molecule has 0 aliphatic carbocycles. The summed E-state index contributed by atoms with van der Waals surface area (Å²) in [6, 6.07) is 2.17.